The molecule has 0 unspecified atom stereocenters. The highest BCUT2D eigenvalue weighted by atomic mass is 16.2. The first-order valence-electron chi connectivity index (χ1n) is 10.7. The van der Waals surface area contributed by atoms with Crippen molar-refractivity contribution in [3.8, 4) is 5.82 Å². The molecule has 31 heavy (non-hydrogen) atoms. The molecule has 0 atom stereocenters. The normalized spacial score (nSPS) is 14.6. The van der Waals surface area contributed by atoms with Crippen LogP contribution in [0, 0.1) is 19.8 Å². The van der Waals surface area contributed by atoms with Crippen LogP contribution in [0.3, 0.4) is 0 Å². The summed E-state index contributed by atoms with van der Waals surface area (Å²) in [5.41, 5.74) is 3.26. The van der Waals surface area contributed by atoms with Crippen LogP contribution in [0.2, 0.25) is 0 Å². The fraction of sp³-hybridized carbons (Fsp3) is 0.391. The van der Waals surface area contributed by atoms with Crippen molar-refractivity contribution >= 4 is 17.5 Å². The molecule has 1 aliphatic rings. The second-order valence-electron chi connectivity index (χ2n) is 7.95. The van der Waals surface area contributed by atoms with E-state index >= 15 is 0 Å². The number of carbonyl (C=O) groups excluding carboxylic acids is 2. The third-order valence-corrected chi connectivity index (χ3v) is 5.92. The minimum absolute atomic E-state index is 0.00363. The maximum atomic E-state index is 13.2. The molecule has 4 heterocycles. The number of nitrogens with one attached hydrogen (secondary N) is 1. The first-order valence-corrected chi connectivity index (χ1v) is 10.7. The van der Waals surface area contributed by atoms with Crippen LogP contribution < -0.4 is 5.32 Å². The molecule has 4 rings (SSSR count). The zero-order valence-corrected chi connectivity index (χ0v) is 18.2. The Kier molecular flexibility index (Phi) is 5.88. The maximum Gasteiger partial charge on any atom is 0.255 e. The highest BCUT2D eigenvalue weighted by Crippen LogP contribution is 2.25. The molecule has 162 valence electrons. The predicted molar refractivity (Wildman–Crippen MR) is 118 cm³/mol. The molecule has 1 aliphatic heterocycles. The lowest BCUT2D eigenvalue weighted by Crippen LogP contribution is -2.41. The van der Waals surface area contributed by atoms with E-state index in [0.29, 0.717) is 37.2 Å². The zero-order valence-electron chi connectivity index (χ0n) is 18.2. The van der Waals surface area contributed by atoms with Gasteiger partial charge in [0.2, 0.25) is 5.91 Å². The second-order valence-corrected chi connectivity index (χ2v) is 7.95. The Labute approximate surface area is 181 Å². The number of aromatic nitrogens is 4. The summed E-state index contributed by atoms with van der Waals surface area (Å²) in [6.45, 7) is 7.83. The number of anilines is 1. The van der Waals surface area contributed by atoms with E-state index < -0.39 is 0 Å². The molecule has 0 radical (unpaired) electrons. The number of likely N-dealkylation sites (tertiary alicyclic amines) is 1. The Morgan fingerprint density at radius 2 is 1.97 bits per heavy atom. The molecule has 3 aromatic rings. The van der Waals surface area contributed by atoms with Gasteiger partial charge in [0, 0.05) is 49.3 Å². The maximum absolute atomic E-state index is 13.2. The van der Waals surface area contributed by atoms with Gasteiger partial charge in [-0.25, -0.2) is 4.98 Å². The van der Waals surface area contributed by atoms with Crippen LogP contribution in [0.5, 0.6) is 0 Å². The molecule has 0 spiro atoms. The summed E-state index contributed by atoms with van der Waals surface area (Å²) >= 11 is 0. The van der Waals surface area contributed by atoms with Crippen molar-refractivity contribution in [2.75, 3.05) is 18.4 Å². The molecule has 1 fully saturated rings. The van der Waals surface area contributed by atoms with Crippen molar-refractivity contribution in [3.63, 3.8) is 0 Å². The lowest BCUT2D eigenvalue weighted by Gasteiger charge is -2.31. The Morgan fingerprint density at radius 1 is 1.19 bits per heavy atom. The van der Waals surface area contributed by atoms with E-state index in [1.54, 1.807) is 17.1 Å². The summed E-state index contributed by atoms with van der Waals surface area (Å²) in [5, 5.41) is 7.13. The fourth-order valence-electron chi connectivity index (χ4n) is 4.18. The first-order chi connectivity index (χ1) is 15.0. The second kappa shape index (κ2) is 8.75. The average molecular weight is 421 g/mol. The molecule has 1 saturated heterocycles. The number of aryl methyl sites for hydroxylation is 2. The number of rotatable bonds is 5. The van der Waals surface area contributed by atoms with Gasteiger partial charge in [0.05, 0.1) is 17.4 Å². The van der Waals surface area contributed by atoms with Crippen LogP contribution in [-0.2, 0) is 11.3 Å². The Bertz CT molecular complexity index is 1080. The van der Waals surface area contributed by atoms with Gasteiger partial charge in [-0.15, -0.1) is 0 Å². The molecular weight excluding hydrogens is 392 g/mol. The summed E-state index contributed by atoms with van der Waals surface area (Å²) in [6, 6.07) is 7.67. The lowest BCUT2D eigenvalue weighted by molar-refractivity contribution is -0.121. The predicted octanol–water partition coefficient (Wildman–Crippen LogP) is 3.20. The van der Waals surface area contributed by atoms with Gasteiger partial charge in [0.1, 0.15) is 5.82 Å². The van der Waals surface area contributed by atoms with Gasteiger partial charge >= 0.3 is 0 Å². The molecule has 0 aromatic carbocycles. The lowest BCUT2D eigenvalue weighted by atomic mass is 9.95. The van der Waals surface area contributed by atoms with E-state index in [9.17, 15) is 9.59 Å². The average Bonchev–Trinajstić information content (AvgIpc) is 3.37. The number of hydrogen-bond acceptors (Lipinski definition) is 4. The smallest absolute Gasteiger partial charge is 0.255 e. The molecule has 0 aliphatic carbocycles. The van der Waals surface area contributed by atoms with E-state index in [2.05, 4.69) is 15.4 Å². The molecule has 3 aromatic heterocycles. The summed E-state index contributed by atoms with van der Waals surface area (Å²) in [5.74, 6) is 0.711. The molecule has 0 saturated carbocycles. The largest absolute Gasteiger partial charge is 0.339 e. The molecule has 8 nitrogen and oxygen atoms in total. The van der Waals surface area contributed by atoms with Gasteiger partial charge in [-0.1, -0.05) is 6.07 Å². The summed E-state index contributed by atoms with van der Waals surface area (Å²) < 4.78 is 3.78. The van der Waals surface area contributed by atoms with Gasteiger partial charge in [0.25, 0.3) is 5.91 Å². The molecule has 8 heteroatoms. The van der Waals surface area contributed by atoms with E-state index in [4.69, 9.17) is 0 Å². The van der Waals surface area contributed by atoms with Crippen molar-refractivity contribution in [2.24, 2.45) is 5.92 Å². The van der Waals surface area contributed by atoms with Crippen LogP contribution in [-0.4, -0.2) is 49.1 Å². The topological polar surface area (TPSA) is 85.0 Å². The Hall–Kier alpha value is -3.42. The van der Waals surface area contributed by atoms with Crippen LogP contribution in [0.1, 0.15) is 41.5 Å². The third-order valence-electron chi connectivity index (χ3n) is 5.92. The van der Waals surface area contributed by atoms with Crippen molar-refractivity contribution in [2.45, 2.75) is 40.2 Å². The number of piperidine rings is 1. The van der Waals surface area contributed by atoms with Crippen molar-refractivity contribution in [1.29, 1.82) is 0 Å². The summed E-state index contributed by atoms with van der Waals surface area (Å²) in [7, 11) is 0. The summed E-state index contributed by atoms with van der Waals surface area (Å²) in [6.07, 6.45) is 6.54. The highest BCUT2D eigenvalue weighted by Gasteiger charge is 2.29. The monoisotopic (exact) mass is 420 g/mol. The third kappa shape index (κ3) is 4.23. The van der Waals surface area contributed by atoms with Crippen LogP contribution >= 0.6 is 0 Å². The Balaban J connectivity index is 1.40. The first kappa shape index (κ1) is 20.8. The van der Waals surface area contributed by atoms with E-state index in [1.165, 1.54) is 0 Å². The van der Waals surface area contributed by atoms with E-state index in [-0.39, 0.29) is 17.7 Å². The van der Waals surface area contributed by atoms with E-state index in [1.807, 2.05) is 60.7 Å². The molecule has 2 amide bonds. The van der Waals surface area contributed by atoms with Crippen molar-refractivity contribution in [3.05, 3.63) is 59.8 Å². The minimum atomic E-state index is -0.102. The zero-order chi connectivity index (χ0) is 22.0. The molecule has 1 N–H and O–H groups in total. The van der Waals surface area contributed by atoms with Crippen LogP contribution in [0.15, 0.2) is 42.9 Å². The summed E-state index contributed by atoms with van der Waals surface area (Å²) in [4.78, 5) is 32.1. The molecular formula is C23H28N6O2. The number of carbonyl (C=O) groups is 2. The molecule has 0 bridgehead atoms. The van der Waals surface area contributed by atoms with E-state index in [0.717, 1.165) is 23.8 Å². The Morgan fingerprint density at radius 3 is 2.61 bits per heavy atom. The van der Waals surface area contributed by atoms with Crippen LogP contribution in [0.4, 0.5) is 5.69 Å². The highest BCUT2D eigenvalue weighted by molar-refractivity contribution is 5.96. The van der Waals surface area contributed by atoms with Crippen LogP contribution in [0.25, 0.3) is 5.82 Å². The van der Waals surface area contributed by atoms with Gasteiger partial charge in [-0.05, 0) is 51.8 Å². The van der Waals surface area contributed by atoms with Crippen molar-refractivity contribution in [1.82, 2.24) is 24.2 Å². The number of hydrogen-bond donors (Lipinski definition) is 1. The minimum Gasteiger partial charge on any atom is -0.339 e. The number of pyridine rings is 1. The van der Waals surface area contributed by atoms with Gasteiger partial charge in [-0.3, -0.25) is 14.3 Å². The quantitative estimate of drug-likeness (QED) is 0.687. The standard InChI is InChI=1S/C23H28N6O2/c1-4-28-15-19(14-25-28)26-22(30)18-8-11-27(12-9-18)23(31)20-13-16(2)29(17(20)3)21-7-5-6-10-24-21/h5-7,10,13-15,18H,4,8-9,11-12H2,1-3H3,(H,26,30). The van der Waals surface area contributed by atoms with Crippen molar-refractivity contribution < 1.29 is 9.59 Å². The fourth-order valence-corrected chi connectivity index (χ4v) is 4.18. The van der Waals surface area contributed by atoms with Gasteiger partial charge < -0.3 is 14.8 Å². The number of nitrogens with zero attached hydrogens (tertiary/aromatic N) is 5. The number of amides is 2. The van der Waals surface area contributed by atoms with Gasteiger partial charge in [-0.2, -0.15) is 5.10 Å². The van der Waals surface area contributed by atoms with Gasteiger partial charge in [0.15, 0.2) is 0 Å². The SMILES string of the molecule is CCn1cc(NC(=O)C2CCN(C(=O)c3cc(C)n(-c4ccccn4)c3C)CC2)cn1.